The summed E-state index contributed by atoms with van der Waals surface area (Å²) in [5, 5.41) is 3.40. The van der Waals surface area contributed by atoms with Gasteiger partial charge in [0.1, 0.15) is 5.82 Å². The van der Waals surface area contributed by atoms with Gasteiger partial charge in [-0.05, 0) is 19.9 Å². The van der Waals surface area contributed by atoms with E-state index in [0.29, 0.717) is 25.0 Å². The van der Waals surface area contributed by atoms with Crippen molar-refractivity contribution in [3.8, 4) is 0 Å². The summed E-state index contributed by atoms with van der Waals surface area (Å²) < 4.78 is 2.10. The van der Waals surface area contributed by atoms with Gasteiger partial charge < -0.3 is 14.8 Å². The highest BCUT2D eigenvalue weighted by molar-refractivity contribution is 5.80. The Bertz CT molecular complexity index is 428. The first-order valence-corrected chi connectivity index (χ1v) is 6.32. The first kappa shape index (κ1) is 10.8. The van der Waals surface area contributed by atoms with Crippen molar-refractivity contribution in [2.45, 2.75) is 44.9 Å². The van der Waals surface area contributed by atoms with E-state index in [1.54, 1.807) is 0 Å². The summed E-state index contributed by atoms with van der Waals surface area (Å²) in [4.78, 5) is 18.3. The molecule has 2 saturated heterocycles. The lowest BCUT2D eigenvalue weighted by Gasteiger charge is -2.23. The molecule has 3 rings (SSSR count). The van der Waals surface area contributed by atoms with Crippen molar-refractivity contribution in [1.29, 1.82) is 0 Å². The van der Waals surface area contributed by atoms with Crippen molar-refractivity contribution in [3.05, 3.63) is 18.2 Å². The SMILES string of the molecule is CCn1ccnc1CN1C(=O)C[C@H]2NCC[C@H]21. The molecule has 2 aliphatic rings. The Morgan fingerprint density at radius 2 is 2.47 bits per heavy atom. The van der Waals surface area contributed by atoms with E-state index in [-0.39, 0.29) is 5.91 Å². The van der Waals surface area contributed by atoms with Crippen LogP contribution in [-0.2, 0) is 17.9 Å². The Morgan fingerprint density at radius 3 is 3.29 bits per heavy atom. The summed E-state index contributed by atoms with van der Waals surface area (Å²) in [6.07, 6.45) is 5.50. The van der Waals surface area contributed by atoms with E-state index in [9.17, 15) is 4.79 Å². The number of carbonyl (C=O) groups excluding carboxylic acids is 1. The number of hydrogen-bond donors (Lipinski definition) is 1. The van der Waals surface area contributed by atoms with Gasteiger partial charge in [-0.15, -0.1) is 0 Å². The fourth-order valence-corrected chi connectivity index (χ4v) is 2.96. The third-order valence-corrected chi connectivity index (χ3v) is 3.88. The molecule has 0 aromatic carbocycles. The Balaban J connectivity index is 1.78. The van der Waals surface area contributed by atoms with E-state index in [4.69, 9.17) is 0 Å². The predicted molar refractivity (Wildman–Crippen MR) is 63.3 cm³/mol. The number of imidazole rings is 1. The maximum absolute atomic E-state index is 12.0. The molecule has 0 saturated carbocycles. The number of carbonyl (C=O) groups is 1. The van der Waals surface area contributed by atoms with Crippen LogP contribution in [-0.4, -0.2) is 39.0 Å². The Kier molecular flexibility index (Phi) is 2.63. The number of nitrogens with one attached hydrogen (secondary N) is 1. The molecule has 2 atom stereocenters. The standard InChI is InChI=1S/C12H18N4O/c1-2-15-6-5-14-11(15)8-16-10-3-4-13-9(10)7-12(16)17/h5-6,9-10,13H,2-4,7-8H2,1H3/t9-,10-/m1/s1. The van der Waals surface area contributed by atoms with Gasteiger partial charge >= 0.3 is 0 Å². The van der Waals surface area contributed by atoms with Crippen molar-refractivity contribution in [3.63, 3.8) is 0 Å². The monoisotopic (exact) mass is 234 g/mol. The highest BCUT2D eigenvalue weighted by atomic mass is 16.2. The van der Waals surface area contributed by atoms with Gasteiger partial charge in [0.25, 0.3) is 0 Å². The molecule has 1 aromatic rings. The Morgan fingerprint density at radius 1 is 1.59 bits per heavy atom. The molecule has 0 bridgehead atoms. The Hall–Kier alpha value is -1.36. The summed E-state index contributed by atoms with van der Waals surface area (Å²) in [5.41, 5.74) is 0. The van der Waals surface area contributed by atoms with Crippen molar-refractivity contribution < 1.29 is 4.79 Å². The van der Waals surface area contributed by atoms with Gasteiger partial charge in [-0.1, -0.05) is 0 Å². The van der Waals surface area contributed by atoms with E-state index in [1.165, 1.54) is 0 Å². The van der Waals surface area contributed by atoms with Crippen LogP contribution in [0.1, 0.15) is 25.6 Å². The van der Waals surface area contributed by atoms with E-state index < -0.39 is 0 Å². The largest absolute Gasteiger partial charge is 0.334 e. The molecule has 5 heteroatoms. The second-order valence-corrected chi connectivity index (χ2v) is 4.77. The van der Waals surface area contributed by atoms with E-state index in [0.717, 1.165) is 25.3 Å². The predicted octanol–water partition coefficient (Wildman–Crippen LogP) is 0.366. The van der Waals surface area contributed by atoms with Crippen LogP contribution in [0.5, 0.6) is 0 Å². The van der Waals surface area contributed by atoms with Crippen LogP contribution < -0.4 is 5.32 Å². The number of rotatable bonds is 3. The van der Waals surface area contributed by atoms with Gasteiger partial charge in [0, 0.05) is 37.4 Å². The summed E-state index contributed by atoms with van der Waals surface area (Å²) >= 11 is 0. The van der Waals surface area contributed by atoms with Crippen molar-refractivity contribution >= 4 is 5.91 Å². The lowest BCUT2D eigenvalue weighted by molar-refractivity contribution is -0.129. The summed E-state index contributed by atoms with van der Waals surface area (Å²) in [6, 6.07) is 0.747. The van der Waals surface area contributed by atoms with Gasteiger partial charge in [0.15, 0.2) is 0 Å². The van der Waals surface area contributed by atoms with Crippen molar-refractivity contribution in [1.82, 2.24) is 19.8 Å². The minimum atomic E-state index is 0.262. The van der Waals surface area contributed by atoms with E-state index >= 15 is 0 Å². The smallest absolute Gasteiger partial charge is 0.224 e. The average Bonchev–Trinajstić information content (AvgIpc) is 2.98. The van der Waals surface area contributed by atoms with E-state index in [1.807, 2.05) is 17.3 Å². The lowest BCUT2D eigenvalue weighted by Crippen LogP contribution is -2.36. The molecule has 2 aliphatic heterocycles. The van der Waals surface area contributed by atoms with Crippen molar-refractivity contribution in [2.24, 2.45) is 0 Å². The Labute approximate surface area is 101 Å². The minimum absolute atomic E-state index is 0.262. The first-order valence-electron chi connectivity index (χ1n) is 6.32. The van der Waals surface area contributed by atoms with E-state index in [2.05, 4.69) is 21.8 Å². The van der Waals surface area contributed by atoms with Crippen LogP contribution in [0.15, 0.2) is 12.4 Å². The molecule has 2 fully saturated rings. The zero-order chi connectivity index (χ0) is 11.8. The molecule has 3 heterocycles. The van der Waals surface area contributed by atoms with Gasteiger partial charge in [-0.25, -0.2) is 4.98 Å². The molecule has 17 heavy (non-hydrogen) atoms. The van der Waals surface area contributed by atoms with Crippen LogP contribution in [0, 0.1) is 0 Å². The maximum Gasteiger partial charge on any atom is 0.224 e. The highest BCUT2D eigenvalue weighted by Gasteiger charge is 2.42. The number of amides is 1. The molecule has 5 nitrogen and oxygen atoms in total. The quantitative estimate of drug-likeness (QED) is 0.822. The molecule has 1 amide bonds. The number of aromatic nitrogens is 2. The highest BCUT2D eigenvalue weighted by Crippen LogP contribution is 2.27. The lowest BCUT2D eigenvalue weighted by atomic mass is 10.1. The molecule has 0 radical (unpaired) electrons. The van der Waals surface area contributed by atoms with Crippen LogP contribution in [0.3, 0.4) is 0 Å². The number of aryl methyl sites for hydroxylation is 1. The molecule has 1 aromatic heterocycles. The summed E-state index contributed by atoms with van der Waals surface area (Å²) in [6.45, 7) is 4.68. The fourth-order valence-electron chi connectivity index (χ4n) is 2.96. The summed E-state index contributed by atoms with van der Waals surface area (Å²) in [5.74, 6) is 1.26. The van der Waals surface area contributed by atoms with Gasteiger partial charge in [0.05, 0.1) is 6.54 Å². The molecule has 1 N–H and O–H groups in total. The normalized spacial score (nSPS) is 27.8. The third-order valence-electron chi connectivity index (χ3n) is 3.88. The van der Waals surface area contributed by atoms with Crippen LogP contribution in [0.2, 0.25) is 0 Å². The number of fused-ring (bicyclic) bond motifs is 1. The van der Waals surface area contributed by atoms with Gasteiger partial charge in [-0.2, -0.15) is 0 Å². The number of hydrogen-bond acceptors (Lipinski definition) is 3. The van der Waals surface area contributed by atoms with Crippen LogP contribution >= 0.6 is 0 Å². The third kappa shape index (κ3) is 1.74. The topological polar surface area (TPSA) is 50.2 Å². The zero-order valence-corrected chi connectivity index (χ0v) is 10.1. The fraction of sp³-hybridized carbons (Fsp3) is 0.667. The van der Waals surface area contributed by atoms with Crippen molar-refractivity contribution in [2.75, 3.05) is 6.54 Å². The van der Waals surface area contributed by atoms with Gasteiger partial charge in [-0.3, -0.25) is 4.79 Å². The first-order chi connectivity index (χ1) is 8.29. The average molecular weight is 234 g/mol. The van der Waals surface area contributed by atoms with Crippen LogP contribution in [0.25, 0.3) is 0 Å². The minimum Gasteiger partial charge on any atom is -0.334 e. The van der Waals surface area contributed by atoms with Gasteiger partial charge in [0.2, 0.25) is 5.91 Å². The number of likely N-dealkylation sites (tertiary alicyclic amines) is 1. The second kappa shape index (κ2) is 4.14. The molecular formula is C12H18N4O. The molecule has 92 valence electrons. The number of nitrogens with zero attached hydrogens (tertiary/aromatic N) is 3. The second-order valence-electron chi connectivity index (χ2n) is 4.77. The molecule has 0 spiro atoms. The zero-order valence-electron chi connectivity index (χ0n) is 10.1. The molecule has 0 aliphatic carbocycles. The summed E-state index contributed by atoms with van der Waals surface area (Å²) in [7, 11) is 0. The maximum atomic E-state index is 12.0. The molecule has 0 unspecified atom stereocenters. The van der Waals surface area contributed by atoms with Crippen LogP contribution in [0.4, 0.5) is 0 Å². The molecular weight excluding hydrogens is 216 g/mol.